The summed E-state index contributed by atoms with van der Waals surface area (Å²) in [5, 5.41) is 3.85. The van der Waals surface area contributed by atoms with E-state index in [9.17, 15) is 0 Å². The molecule has 0 saturated carbocycles. The summed E-state index contributed by atoms with van der Waals surface area (Å²) in [6.07, 6.45) is 4.19. The first kappa shape index (κ1) is 14.1. The molecule has 0 aromatic carbocycles. The fourth-order valence-electron chi connectivity index (χ4n) is 1.22. The Morgan fingerprint density at radius 1 is 1.41 bits per heavy atom. The standard InChI is InChI=1S/C11H20N4OS/c1-3-4-6-16-7-5-13-10-8-9(12)14-11(15-10)17-2/h8H,3-7H2,1-2H3,(H3,12,13,14,15). The van der Waals surface area contributed by atoms with Gasteiger partial charge < -0.3 is 15.8 Å². The van der Waals surface area contributed by atoms with E-state index in [1.807, 2.05) is 6.26 Å². The first-order valence-corrected chi connectivity index (χ1v) is 6.99. The molecule has 0 spiro atoms. The van der Waals surface area contributed by atoms with Crippen molar-refractivity contribution >= 4 is 23.4 Å². The third kappa shape index (κ3) is 5.74. The molecule has 3 N–H and O–H groups in total. The van der Waals surface area contributed by atoms with Gasteiger partial charge in [-0.3, -0.25) is 0 Å². The van der Waals surface area contributed by atoms with Crippen molar-refractivity contribution in [1.82, 2.24) is 9.97 Å². The highest BCUT2D eigenvalue weighted by Crippen LogP contribution is 2.14. The van der Waals surface area contributed by atoms with Crippen LogP contribution in [0.25, 0.3) is 0 Å². The third-order valence-electron chi connectivity index (χ3n) is 2.10. The largest absolute Gasteiger partial charge is 0.383 e. The quantitative estimate of drug-likeness (QED) is 0.421. The Bertz CT molecular complexity index is 335. The number of anilines is 2. The molecule has 0 aliphatic heterocycles. The first-order valence-electron chi connectivity index (χ1n) is 5.76. The molecular formula is C11H20N4OS. The summed E-state index contributed by atoms with van der Waals surface area (Å²) in [5.41, 5.74) is 5.67. The van der Waals surface area contributed by atoms with Gasteiger partial charge in [-0.2, -0.15) is 0 Å². The summed E-state index contributed by atoms with van der Waals surface area (Å²) in [6, 6.07) is 1.73. The molecule has 0 aliphatic rings. The number of aromatic nitrogens is 2. The number of nitrogens with two attached hydrogens (primary N) is 1. The fraction of sp³-hybridized carbons (Fsp3) is 0.636. The van der Waals surface area contributed by atoms with Crippen LogP contribution in [0.3, 0.4) is 0 Å². The summed E-state index contributed by atoms with van der Waals surface area (Å²) in [6.45, 7) is 4.38. The molecule has 6 heteroatoms. The van der Waals surface area contributed by atoms with E-state index in [2.05, 4.69) is 22.2 Å². The minimum atomic E-state index is 0.485. The second-order valence-electron chi connectivity index (χ2n) is 3.56. The highest BCUT2D eigenvalue weighted by Gasteiger charge is 2.00. The van der Waals surface area contributed by atoms with Crippen molar-refractivity contribution in [2.24, 2.45) is 0 Å². The molecule has 0 aliphatic carbocycles. The number of rotatable bonds is 8. The Morgan fingerprint density at radius 2 is 2.24 bits per heavy atom. The van der Waals surface area contributed by atoms with Gasteiger partial charge in [0.05, 0.1) is 6.61 Å². The minimum Gasteiger partial charge on any atom is -0.383 e. The summed E-state index contributed by atoms with van der Waals surface area (Å²) in [5.74, 6) is 1.24. The van der Waals surface area contributed by atoms with Gasteiger partial charge in [0.15, 0.2) is 5.16 Å². The molecule has 0 amide bonds. The molecule has 5 nitrogen and oxygen atoms in total. The number of nitrogens with one attached hydrogen (secondary N) is 1. The number of hydrogen-bond acceptors (Lipinski definition) is 6. The van der Waals surface area contributed by atoms with Gasteiger partial charge in [-0.15, -0.1) is 0 Å². The normalized spacial score (nSPS) is 10.5. The Hall–Kier alpha value is -1.01. The maximum absolute atomic E-state index is 5.67. The van der Waals surface area contributed by atoms with Crippen molar-refractivity contribution in [3.05, 3.63) is 6.07 Å². The zero-order chi connectivity index (χ0) is 12.5. The van der Waals surface area contributed by atoms with Crippen molar-refractivity contribution in [3.63, 3.8) is 0 Å². The average molecular weight is 256 g/mol. The Balaban J connectivity index is 2.28. The van der Waals surface area contributed by atoms with Crippen LogP contribution in [0.5, 0.6) is 0 Å². The van der Waals surface area contributed by atoms with Gasteiger partial charge in [0.2, 0.25) is 0 Å². The molecule has 0 bridgehead atoms. The number of hydrogen-bond donors (Lipinski definition) is 2. The van der Waals surface area contributed by atoms with E-state index >= 15 is 0 Å². The number of nitrogen functional groups attached to an aromatic ring is 1. The van der Waals surface area contributed by atoms with Crippen LogP contribution < -0.4 is 11.1 Å². The van der Waals surface area contributed by atoms with Gasteiger partial charge in [0, 0.05) is 19.2 Å². The van der Waals surface area contributed by atoms with E-state index in [-0.39, 0.29) is 0 Å². The van der Waals surface area contributed by atoms with E-state index in [1.54, 1.807) is 6.07 Å². The molecule has 1 aromatic rings. The van der Waals surface area contributed by atoms with Crippen LogP contribution in [0.4, 0.5) is 11.6 Å². The average Bonchev–Trinajstić information content (AvgIpc) is 2.33. The number of nitrogens with zero attached hydrogens (tertiary/aromatic N) is 2. The van der Waals surface area contributed by atoms with Gasteiger partial charge in [-0.05, 0) is 12.7 Å². The van der Waals surface area contributed by atoms with E-state index in [4.69, 9.17) is 10.5 Å². The molecule has 96 valence electrons. The predicted molar refractivity (Wildman–Crippen MR) is 72.4 cm³/mol. The molecule has 0 saturated heterocycles. The van der Waals surface area contributed by atoms with Crippen molar-refractivity contribution < 1.29 is 4.74 Å². The fourth-order valence-corrected chi connectivity index (χ4v) is 1.61. The van der Waals surface area contributed by atoms with Gasteiger partial charge in [-0.1, -0.05) is 25.1 Å². The third-order valence-corrected chi connectivity index (χ3v) is 2.65. The SMILES string of the molecule is CCCCOCCNc1cc(N)nc(SC)n1. The van der Waals surface area contributed by atoms with Crippen LogP contribution in [0.1, 0.15) is 19.8 Å². The van der Waals surface area contributed by atoms with E-state index in [0.29, 0.717) is 17.6 Å². The molecule has 0 radical (unpaired) electrons. The van der Waals surface area contributed by atoms with Gasteiger partial charge in [0.1, 0.15) is 11.6 Å². The predicted octanol–water partition coefficient (Wildman–Crippen LogP) is 2.01. The molecule has 0 fully saturated rings. The highest BCUT2D eigenvalue weighted by atomic mass is 32.2. The molecule has 1 heterocycles. The van der Waals surface area contributed by atoms with Crippen molar-refractivity contribution in [2.75, 3.05) is 37.1 Å². The maximum Gasteiger partial charge on any atom is 0.191 e. The maximum atomic E-state index is 5.67. The van der Waals surface area contributed by atoms with Crippen LogP contribution in [-0.4, -0.2) is 36.0 Å². The number of ether oxygens (including phenoxy) is 1. The number of unbranched alkanes of at least 4 members (excludes halogenated alkanes) is 1. The van der Waals surface area contributed by atoms with Crippen molar-refractivity contribution in [2.45, 2.75) is 24.9 Å². The summed E-state index contributed by atoms with van der Waals surface area (Å²) >= 11 is 1.47. The lowest BCUT2D eigenvalue weighted by Gasteiger charge is -2.07. The highest BCUT2D eigenvalue weighted by molar-refractivity contribution is 7.98. The summed E-state index contributed by atoms with van der Waals surface area (Å²) < 4.78 is 5.44. The minimum absolute atomic E-state index is 0.485. The monoisotopic (exact) mass is 256 g/mol. The first-order chi connectivity index (χ1) is 8.26. The Morgan fingerprint density at radius 3 is 2.94 bits per heavy atom. The van der Waals surface area contributed by atoms with Crippen molar-refractivity contribution in [1.29, 1.82) is 0 Å². The molecule has 1 aromatic heterocycles. The van der Waals surface area contributed by atoms with Crippen molar-refractivity contribution in [3.8, 4) is 0 Å². The second kappa shape index (κ2) is 8.14. The van der Waals surface area contributed by atoms with E-state index in [0.717, 1.165) is 31.8 Å². The number of thioether (sulfide) groups is 1. The lowest BCUT2D eigenvalue weighted by molar-refractivity contribution is 0.141. The van der Waals surface area contributed by atoms with Crippen LogP contribution in [0, 0.1) is 0 Å². The smallest absolute Gasteiger partial charge is 0.191 e. The van der Waals surface area contributed by atoms with Gasteiger partial charge >= 0.3 is 0 Å². The van der Waals surface area contributed by atoms with Crippen LogP contribution >= 0.6 is 11.8 Å². The topological polar surface area (TPSA) is 73.1 Å². The van der Waals surface area contributed by atoms with Crippen LogP contribution in [0.15, 0.2) is 11.2 Å². The summed E-state index contributed by atoms with van der Waals surface area (Å²) in [4.78, 5) is 8.37. The van der Waals surface area contributed by atoms with E-state index < -0.39 is 0 Å². The zero-order valence-corrected chi connectivity index (χ0v) is 11.2. The zero-order valence-electron chi connectivity index (χ0n) is 10.4. The molecular weight excluding hydrogens is 236 g/mol. The lowest BCUT2D eigenvalue weighted by Crippen LogP contribution is -2.11. The molecule has 0 atom stereocenters. The van der Waals surface area contributed by atoms with E-state index in [1.165, 1.54) is 11.8 Å². The second-order valence-corrected chi connectivity index (χ2v) is 4.33. The van der Waals surface area contributed by atoms with Crippen LogP contribution in [0.2, 0.25) is 0 Å². The summed E-state index contributed by atoms with van der Waals surface area (Å²) in [7, 11) is 0. The molecule has 0 unspecified atom stereocenters. The van der Waals surface area contributed by atoms with Crippen LogP contribution in [-0.2, 0) is 4.74 Å². The molecule has 17 heavy (non-hydrogen) atoms. The Kier molecular flexibility index (Phi) is 6.73. The Labute approximate surface area is 107 Å². The van der Waals surface area contributed by atoms with Gasteiger partial charge in [-0.25, -0.2) is 9.97 Å². The van der Waals surface area contributed by atoms with Gasteiger partial charge in [0.25, 0.3) is 0 Å². The lowest BCUT2D eigenvalue weighted by atomic mass is 10.4. The molecule has 1 rings (SSSR count).